The van der Waals surface area contributed by atoms with Gasteiger partial charge in [-0.05, 0) is 23.8 Å². The van der Waals surface area contributed by atoms with E-state index in [1.807, 2.05) is 30.3 Å². The lowest BCUT2D eigenvalue weighted by Crippen LogP contribution is -2.49. The zero-order valence-corrected chi connectivity index (χ0v) is 16.7. The van der Waals surface area contributed by atoms with Gasteiger partial charge in [0, 0.05) is 31.7 Å². The maximum atomic E-state index is 13.5. The minimum absolute atomic E-state index is 0.166. The second-order valence-electron chi connectivity index (χ2n) is 7.39. The Labute approximate surface area is 177 Å². The Morgan fingerprint density at radius 3 is 2.55 bits per heavy atom. The van der Waals surface area contributed by atoms with Crippen LogP contribution in [0, 0.1) is 5.82 Å². The van der Waals surface area contributed by atoms with Crippen molar-refractivity contribution in [2.45, 2.75) is 6.54 Å². The molecule has 5 rings (SSSR count). The molecule has 2 aromatic carbocycles. The fourth-order valence-corrected chi connectivity index (χ4v) is 3.80. The molecule has 4 aromatic rings. The van der Waals surface area contributed by atoms with Crippen LogP contribution in [0.15, 0.2) is 60.9 Å². The predicted molar refractivity (Wildman–Crippen MR) is 113 cm³/mol. The van der Waals surface area contributed by atoms with Crippen LogP contribution in [0.25, 0.3) is 11.2 Å². The van der Waals surface area contributed by atoms with Gasteiger partial charge in [-0.1, -0.05) is 41.6 Å². The lowest BCUT2D eigenvalue weighted by molar-refractivity contribution is 0.0746. The van der Waals surface area contributed by atoms with Crippen molar-refractivity contribution in [2.75, 3.05) is 31.1 Å². The molecular formula is C22H20FN7O. The van der Waals surface area contributed by atoms with Crippen molar-refractivity contribution < 1.29 is 9.18 Å². The van der Waals surface area contributed by atoms with Crippen molar-refractivity contribution in [3.63, 3.8) is 0 Å². The van der Waals surface area contributed by atoms with E-state index in [1.54, 1.807) is 21.7 Å². The van der Waals surface area contributed by atoms with Crippen LogP contribution in [0.5, 0.6) is 0 Å². The normalized spacial score (nSPS) is 14.2. The van der Waals surface area contributed by atoms with Crippen LogP contribution >= 0.6 is 0 Å². The first kappa shape index (κ1) is 19.1. The molecule has 1 aliphatic rings. The Morgan fingerprint density at radius 1 is 0.968 bits per heavy atom. The average molecular weight is 417 g/mol. The molecule has 1 saturated heterocycles. The van der Waals surface area contributed by atoms with Gasteiger partial charge in [0.1, 0.15) is 12.1 Å². The summed E-state index contributed by atoms with van der Waals surface area (Å²) in [5, 5.41) is 8.60. The Hall–Kier alpha value is -3.88. The Balaban J connectivity index is 1.32. The number of carbonyl (C=O) groups is 1. The molecule has 0 atom stereocenters. The summed E-state index contributed by atoms with van der Waals surface area (Å²) in [6, 6.07) is 15.8. The molecule has 2 aromatic heterocycles. The van der Waals surface area contributed by atoms with Gasteiger partial charge in [-0.15, -0.1) is 5.10 Å². The highest BCUT2D eigenvalue weighted by atomic mass is 19.1. The number of hydrogen-bond donors (Lipinski definition) is 0. The summed E-state index contributed by atoms with van der Waals surface area (Å²) < 4.78 is 15.2. The van der Waals surface area contributed by atoms with E-state index in [-0.39, 0.29) is 5.91 Å². The fraction of sp³-hybridized carbons (Fsp3) is 0.227. The summed E-state index contributed by atoms with van der Waals surface area (Å²) in [6.45, 7) is 2.79. The molecule has 0 aliphatic carbocycles. The van der Waals surface area contributed by atoms with Crippen molar-refractivity contribution >= 4 is 22.9 Å². The molecule has 0 unspecified atom stereocenters. The van der Waals surface area contributed by atoms with E-state index in [1.165, 1.54) is 18.5 Å². The SMILES string of the molecule is O=C(c1cccc(F)c1)N1CCN(c2ncnc3c2nnn3Cc2ccccc2)CC1. The number of amides is 1. The largest absolute Gasteiger partial charge is 0.351 e. The molecule has 1 fully saturated rings. The lowest BCUT2D eigenvalue weighted by atomic mass is 10.1. The van der Waals surface area contributed by atoms with E-state index < -0.39 is 5.82 Å². The second-order valence-corrected chi connectivity index (χ2v) is 7.39. The number of nitrogens with zero attached hydrogens (tertiary/aromatic N) is 7. The van der Waals surface area contributed by atoms with Crippen LogP contribution in [0.3, 0.4) is 0 Å². The van der Waals surface area contributed by atoms with Crippen LogP contribution < -0.4 is 4.90 Å². The molecule has 8 nitrogen and oxygen atoms in total. The second kappa shape index (κ2) is 8.10. The molecule has 31 heavy (non-hydrogen) atoms. The third kappa shape index (κ3) is 3.81. The van der Waals surface area contributed by atoms with Crippen molar-refractivity contribution in [2.24, 2.45) is 0 Å². The van der Waals surface area contributed by atoms with E-state index in [9.17, 15) is 9.18 Å². The number of halogens is 1. The van der Waals surface area contributed by atoms with Crippen LogP contribution in [0.2, 0.25) is 0 Å². The first-order valence-electron chi connectivity index (χ1n) is 10.1. The first-order valence-corrected chi connectivity index (χ1v) is 10.1. The van der Waals surface area contributed by atoms with Gasteiger partial charge in [-0.25, -0.2) is 19.0 Å². The summed E-state index contributed by atoms with van der Waals surface area (Å²) in [5.74, 6) is 0.134. The van der Waals surface area contributed by atoms with Gasteiger partial charge in [0.15, 0.2) is 17.0 Å². The number of fused-ring (bicyclic) bond motifs is 1. The minimum atomic E-state index is -0.411. The highest BCUT2D eigenvalue weighted by molar-refractivity contribution is 5.94. The minimum Gasteiger partial charge on any atom is -0.351 e. The highest BCUT2D eigenvalue weighted by Crippen LogP contribution is 2.22. The Kier molecular flexibility index (Phi) is 4.99. The number of aromatic nitrogens is 5. The molecule has 0 bridgehead atoms. The number of benzene rings is 2. The zero-order valence-electron chi connectivity index (χ0n) is 16.7. The lowest BCUT2D eigenvalue weighted by Gasteiger charge is -2.35. The monoisotopic (exact) mass is 417 g/mol. The molecule has 9 heteroatoms. The zero-order chi connectivity index (χ0) is 21.2. The molecular weight excluding hydrogens is 397 g/mol. The van der Waals surface area contributed by atoms with E-state index in [2.05, 4.69) is 25.2 Å². The van der Waals surface area contributed by atoms with Crippen LogP contribution in [0.1, 0.15) is 15.9 Å². The Morgan fingerprint density at radius 2 is 1.77 bits per heavy atom. The van der Waals surface area contributed by atoms with Gasteiger partial charge < -0.3 is 9.80 Å². The van der Waals surface area contributed by atoms with Crippen LogP contribution in [-0.2, 0) is 6.54 Å². The third-order valence-corrected chi connectivity index (χ3v) is 5.39. The first-order chi connectivity index (χ1) is 15.2. The molecule has 1 amide bonds. The highest BCUT2D eigenvalue weighted by Gasteiger charge is 2.25. The maximum absolute atomic E-state index is 13.5. The van der Waals surface area contributed by atoms with E-state index in [0.717, 1.165) is 5.56 Å². The molecule has 1 aliphatic heterocycles. The average Bonchev–Trinajstić information content (AvgIpc) is 3.22. The number of hydrogen-bond acceptors (Lipinski definition) is 6. The standard InChI is InChI=1S/C22H20FN7O/c23-18-8-4-7-17(13-18)22(31)29-11-9-28(10-12-29)20-19-21(25-15-24-20)30(27-26-19)14-16-5-2-1-3-6-16/h1-8,13,15H,9-12,14H2. The quantitative estimate of drug-likeness (QED) is 0.507. The third-order valence-electron chi connectivity index (χ3n) is 5.39. The van der Waals surface area contributed by atoms with Gasteiger partial charge in [0.2, 0.25) is 0 Å². The van der Waals surface area contributed by atoms with Gasteiger partial charge in [0.05, 0.1) is 6.54 Å². The smallest absolute Gasteiger partial charge is 0.254 e. The van der Waals surface area contributed by atoms with Crippen LogP contribution in [-0.4, -0.2) is 61.9 Å². The molecule has 0 N–H and O–H groups in total. The Bertz CT molecular complexity index is 1220. The summed E-state index contributed by atoms with van der Waals surface area (Å²) in [4.78, 5) is 25.3. The number of piperazine rings is 1. The number of carbonyl (C=O) groups excluding carboxylic acids is 1. The molecule has 0 spiro atoms. The summed E-state index contributed by atoms with van der Waals surface area (Å²) in [7, 11) is 0. The van der Waals surface area contributed by atoms with Gasteiger partial charge in [-0.2, -0.15) is 0 Å². The van der Waals surface area contributed by atoms with Crippen molar-refractivity contribution in [3.8, 4) is 0 Å². The fourth-order valence-electron chi connectivity index (χ4n) is 3.80. The number of rotatable bonds is 4. The molecule has 3 heterocycles. The van der Waals surface area contributed by atoms with Crippen molar-refractivity contribution in [3.05, 3.63) is 77.9 Å². The van der Waals surface area contributed by atoms with E-state index in [4.69, 9.17) is 0 Å². The topological polar surface area (TPSA) is 80.0 Å². The van der Waals surface area contributed by atoms with Gasteiger partial charge in [0.25, 0.3) is 5.91 Å². The van der Waals surface area contributed by atoms with Crippen molar-refractivity contribution in [1.82, 2.24) is 29.9 Å². The van der Waals surface area contributed by atoms with Crippen LogP contribution in [0.4, 0.5) is 10.2 Å². The van der Waals surface area contributed by atoms with E-state index in [0.29, 0.717) is 55.3 Å². The van der Waals surface area contributed by atoms with Gasteiger partial charge >= 0.3 is 0 Å². The molecule has 0 radical (unpaired) electrons. The number of anilines is 1. The van der Waals surface area contributed by atoms with Crippen molar-refractivity contribution in [1.29, 1.82) is 0 Å². The molecule has 0 saturated carbocycles. The predicted octanol–water partition coefficient (Wildman–Crippen LogP) is 2.37. The van der Waals surface area contributed by atoms with E-state index >= 15 is 0 Å². The summed E-state index contributed by atoms with van der Waals surface area (Å²) in [6.07, 6.45) is 1.52. The molecule has 156 valence electrons. The summed E-state index contributed by atoms with van der Waals surface area (Å²) >= 11 is 0. The summed E-state index contributed by atoms with van der Waals surface area (Å²) in [5.41, 5.74) is 2.79. The maximum Gasteiger partial charge on any atom is 0.254 e. The van der Waals surface area contributed by atoms with Gasteiger partial charge in [-0.3, -0.25) is 4.79 Å².